The van der Waals surface area contributed by atoms with Crippen LogP contribution in [0.5, 0.6) is 0 Å². The average Bonchev–Trinajstić information content (AvgIpc) is 3.44. The molecule has 1 aliphatic carbocycles. The van der Waals surface area contributed by atoms with E-state index in [-0.39, 0.29) is 11.8 Å². The Labute approximate surface area is 141 Å². The van der Waals surface area contributed by atoms with Gasteiger partial charge in [0.05, 0.1) is 6.61 Å². The van der Waals surface area contributed by atoms with Crippen LogP contribution >= 0.6 is 0 Å². The molecule has 0 unspecified atom stereocenters. The first kappa shape index (κ1) is 16.2. The van der Waals surface area contributed by atoms with Gasteiger partial charge in [-0.1, -0.05) is 0 Å². The van der Waals surface area contributed by atoms with Crippen LogP contribution in [0.25, 0.3) is 16.5 Å². The number of rotatable bonds is 6. The highest BCUT2D eigenvalue weighted by atomic mass is 16.5. The number of anilines is 2. The zero-order valence-electron chi connectivity index (χ0n) is 14.2. The molecule has 1 amide bonds. The van der Waals surface area contributed by atoms with Crippen LogP contribution < -0.4 is 10.6 Å². The van der Waals surface area contributed by atoms with Crippen LogP contribution in [-0.2, 0) is 9.53 Å². The van der Waals surface area contributed by atoms with Crippen molar-refractivity contribution in [3.05, 3.63) is 30.1 Å². The van der Waals surface area contributed by atoms with Gasteiger partial charge in [-0.05, 0) is 38.8 Å². The van der Waals surface area contributed by atoms with Crippen molar-refractivity contribution >= 4 is 34.1 Å². The SMILES string of the molecule is CC=C(OCC)c1cnc(NC)c2cnc(NC(=O)C3CC3)cc12. The lowest BCUT2D eigenvalue weighted by molar-refractivity contribution is -0.117. The second-order valence-electron chi connectivity index (χ2n) is 5.74. The Bertz CT molecular complexity index is 797. The van der Waals surface area contributed by atoms with Crippen molar-refractivity contribution in [3.63, 3.8) is 0 Å². The van der Waals surface area contributed by atoms with E-state index in [1.54, 1.807) is 12.4 Å². The molecule has 1 saturated carbocycles. The Morgan fingerprint density at radius 2 is 2.12 bits per heavy atom. The largest absolute Gasteiger partial charge is 0.494 e. The third kappa shape index (κ3) is 3.18. The lowest BCUT2D eigenvalue weighted by Crippen LogP contribution is -2.14. The first-order chi connectivity index (χ1) is 11.7. The lowest BCUT2D eigenvalue weighted by atomic mass is 10.1. The van der Waals surface area contributed by atoms with Crippen molar-refractivity contribution in [2.45, 2.75) is 26.7 Å². The number of aromatic nitrogens is 2. The first-order valence-electron chi connectivity index (χ1n) is 8.24. The van der Waals surface area contributed by atoms with Crippen LogP contribution in [0.4, 0.5) is 11.6 Å². The molecule has 2 N–H and O–H groups in total. The molecule has 0 aliphatic heterocycles. The quantitative estimate of drug-likeness (QED) is 0.796. The minimum atomic E-state index is 0.0439. The summed E-state index contributed by atoms with van der Waals surface area (Å²) in [7, 11) is 1.82. The van der Waals surface area contributed by atoms with Gasteiger partial charge in [0.1, 0.15) is 17.4 Å². The van der Waals surface area contributed by atoms with Gasteiger partial charge in [0.25, 0.3) is 0 Å². The number of hydrogen-bond donors (Lipinski definition) is 2. The number of pyridine rings is 2. The summed E-state index contributed by atoms with van der Waals surface area (Å²) in [4.78, 5) is 20.8. The van der Waals surface area contributed by atoms with E-state index in [0.717, 1.165) is 40.8 Å². The van der Waals surface area contributed by atoms with Crippen LogP contribution in [-0.4, -0.2) is 29.5 Å². The molecular formula is C18H22N4O2. The summed E-state index contributed by atoms with van der Waals surface area (Å²) in [5.41, 5.74) is 0.887. The third-order valence-electron chi connectivity index (χ3n) is 4.04. The number of nitrogens with one attached hydrogen (secondary N) is 2. The van der Waals surface area contributed by atoms with Crippen molar-refractivity contribution in [1.82, 2.24) is 9.97 Å². The number of fused-ring (bicyclic) bond motifs is 1. The fourth-order valence-corrected chi connectivity index (χ4v) is 2.64. The normalized spacial score (nSPS) is 14.5. The molecule has 0 radical (unpaired) electrons. The standard InChI is InChI=1S/C18H22N4O2/c1-4-15(24-5-2)13-9-21-17(19-3)14-10-20-16(8-12(13)14)22-18(23)11-6-7-11/h4,8-11H,5-7H2,1-3H3,(H,19,21)(H,20,22,23). The Hall–Kier alpha value is -2.63. The number of carbonyl (C=O) groups excluding carboxylic acids is 1. The highest BCUT2D eigenvalue weighted by Crippen LogP contribution is 2.32. The van der Waals surface area contributed by atoms with Gasteiger partial charge in [0, 0.05) is 41.7 Å². The van der Waals surface area contributed by atoms with E-state index in [1.807, 2.05) is 33.0 Å². The Morgan fingerprint density at radius 1 is 1.33 bits per heavy atom. The molecule has 3 rings (SSSR count). The van der Waals surface area contributed by atoms with E-state index in [9.17, 15) is 4.79 Å². The summed E-state index contributed by atoms with van der Waals surface area (Å²) in [6, 6.07) is 1.88. The van der Waals surface area contributed by atoms with Crippen LogP contribution in [0.15, 0.2) is 24.5 Å². The summed E-state index contributed by atoms with van der Waals surface area (Å²) < 4.78 is 5.72. The van der Waals surface area contributed by atoms with E-state index in [2.05, 4.69) is 20.6 Å². The molecule has 24 heavy (non-hydrogen) atoms. The highest BCUT2D eigenvalue weighted by molar-refractivity contribution is 6.01. The van der Waals surface area contributed by atoms with Crippen molar-refractivity contribution in [3.8, 4) is 0 Å². The molecule has 0 spiro atoms. The van der Waals surface area contributed by atoms with Crippen molar-refractivity contribution in [2.24, 2.45) is 5.92 Å². The first-order valence-corrected chi connectivity index (χ1v) is 8.24. The number of ether oxygens (including phenoxy) is 1. The molecule has 0 aromatic carbocycles. The molecule has 0 atom stereocenters. The van der Waals surface area contributed by atoms with Gasteiger partial charge in [-0.3, -0.25) is 4.79 Å². The number of nitrogens with zero attached hydrogens (tertiary/aromatic N) is 2. The summed E-state index contributed by atoms with van der Waals surface area (Å²) in [6.07, 6.45) is 7.37. The van der Waals surface area contributed by atoms with Gasteiger partial charge in [0.2, 0.25) is 5.91 Å². The second-order valence-corrected chi connectivity index (χ2v) is 5.74. The summed E-state index contributed by atoms with van der Waals surface area (Å²) in [5.74, 6) is 2.25. The molecule has 2 aromatic rings. The lowest BCUT2D eigenvalue weighted by Gasteiger charge is -2.14. The zero-order chi connectivity index (χ0) is 17.1. The maximum atomic E-state index is 12.0. The fraction of sp³-hybridized carbons (Fsp3) is 0.389. The summed E-state index contributed by atoms with van der Waals surface area (Å²) in [6.45, 7) is 4.45. The molecule has 2 heterocycles. The zero-order valence-corrected chi connectivity index (χ0v) is 14.2. The molecule has 0 saturated heterocycles. The maximum Gasteiger partial charge on any atom is 0.228 e. The summed E-state index contributed by atoms with van der Waals surface area (Å²) >= 11 is 0. The van der Waals surface area contributed by atoms with E-state index in [0.29, 0.717) is 12.4 Å². The smallest absolute Gasteiger partial charge is 0.228 e. The molecule has 126 valence electrons. The monoisotopic (exact) mass is 326 g/mol. The molecular weight excluding hydrogens is 304 g/mol. The Morgan fingerprint density at radius 3 is 2.75 bits per heavy atom. The van der Waals surface area contributed by atoms with Gasteiger partial charge >= 0.3 is 0 Å². The van der Waals surface area contributed by atoms with Crippen LogP contribution in [0.1, 0.15) is 32.3 Å². The molecule has 0 bridgehead atoms. The number of allylic oxidation sites excluding steroid dienone is 1. The molecule has 1 aliphatic rings. The van der Waals surface area contributed by atoms with Crippen LogP contribution in [0.2, 0.25) is 0 Å². The predicted molar refractivity (Wildman–Crippen MR) is 95.7 cm³/mol. The van der Waals surface area contributed by atoms with Crippen molar-refractivity contribution in [2.75, 3.05) is 24.3 Å². The van der Waals surface area contributed by atoms with Crippen LogP contribution in [0.3, 0.4) is 0 Å². The van der Waals surface area contributed by atoms with Crippen molar-refractivity contribution < 1.29 is 9.53 Å². The van der Waals surface area contributed by atoms with Gasteiger partial charge in [-0.25, -0.2) is 9.97 Å². The third-order valence-corrected chi connectivity index (χ3v) is 4.04. The van der Waals surface area contributed by atoms with Crippen LogP contribution in [0, 0.1) is 5.92 Å². The van der Waals surface area contributed by atoms with Gasteiger partial charge < -0.3 is 15.4 Å². The number of carbonyl (C=O) groups is 1. The minimum Gasteiger partial charge on any atom is -0.494 e. The highest BCUT2D eigenvalue weighted by Gasteiger charge is 2.29. The second kappa shape index (κ2) is 6.86. The number of hydrogen-bond acceptors (Lipinski definition) is 5. The summed E-state index contributed by atoms with van der Waals surface area (Å²) in [5, 5.41) is 7.80. The average molecular weight is 326 g/mol. The predicted octanol–water partition coefficient (Wildman–Crippen LogP) is 3.42. The molecule has 6 nitrogen and oxygen atoms in total. The van der Waals surface area contributed by atoms with E-state index >= 15 is 0 Å². The Balaban J connectivity index is 2.07. The van der Waals surface area contributed by atoms with Gasteiger partial charge in [0.15, 0.2) is 0 Å². The molecule has 6 heteroatoms. The topological polar surface area (TPSA) is 76.1 Å². The van der Waals surface area contributed by atoms with E-state index < -0.39 is 0 Å². The van der Waals surface area contributed by atoms with E-state index in [4.69, 9.17) is 4.74 Å². The number of amides is 1. The maximum absolute atomic E-state index is 12.0. The minimum absolute atomic E-state index is 0.0439. The Kier molecular flexibility index (Phi) is 4.64. The van der Waals surface area contributed by atoms with E-state index in [1.165, 1.54) is 0 Å². The van der Waals surface area contributed by atoms with Gasteiger partial charge in [-0.15, -0.1) is 0 Å². The molecule has 1 fully saturated rings. The van der Waals surface area contributed by atoms with Gasteiger partial charge in [-0.2, -0.15) is 0 Å². The molecule has 2 aromatic heterocycles. The fourth-order valence-electron chi connectivity index (χ4n) is 2.64. The van der Waals surface area contributed by atoms with Crippen molar-refractivity contribution in [1.29, 1.82) is 0 Å².